The van der Waals surface area contributed by atoms with Crippen LogP contribution < -0.4 is 4.72 Å². The molecular weight excluding hydrogens is 300 g/mol. The van der Waals surface area contributed by atoms with Gasteiger partial charge in [0, 0.05) is 29.6 Å². The second kappa shape index (κ2) is 6.46. The molecule has 102 valence electrons. The van der Waals surface area contributed by atoms with Crippen molar-refractivity contribution in [2.24, 2.45) is 0 Å². The third-order valence-corrected chi connectivity index (χ3v) is 4.62. The van der Waals surface area contributed by atoms with Gasteiger partial charge in [0.1, 0.15) is 0 Å². The number of aromatic nitrogens is 1. The Bertz CT molecular complexity index is 572. The van der Waals surface area contributed by atoms with Crippen molar-refractivity contribution >= 4 is 29.8 Å². The molecule has 18 heavy (non-hydrogen) atoms. The summed E-state index contributed by atoms with van der Waals surface area (Å²) in [4.78, 5) is 3.82. The highest BCUT2D eigenvalue weighted by molar-refractivity contribution is 8.13. The third-order valence-electron chi connectivity index (χ3n) is 2.08. The van der Waals surface area contributed by atoms with Crippen LogP contribution in [0.25, 0.3) is 0 Å². The quantitative estimate of drug-likeness (QED) is 0.721. The molecule has 0 aromatic carbocycles. The number of nitrogens with one attached hydrogen (secondary N) is 1. The molecule has 1 heterocycles. The molecule has 0 atom stereocenters. The average molecular weight is 313 g/mol. The van der Waals surface area contributed by atoms with Gasteiger partial charge < -0.3 is 0 Å². The molecule has 0 fully saturated rings. The van der Waals surface area contributed by atoms with Gasteiger partial charge in [-0.3, -0.25) is 4.98 Å². The summed E-state index contributed by atoms with van der Waals surface area (Å²) in [6.45, 7) is -0.218. The molecule has 0 aliphatic carbocycles. The molecule has 0 unspecified atom stereocenters. The Morgan fingerprint density at radius 1 is 1.11 bits per heavy atom. The first kappa shape index (κ1) is 15.4. The van der Waals surface area contributed by atoms with Crippen LogP contribution in [0.15, 0.2) is 24.5 Å². The Balaban J connectivity index is 2.41. The van der Waals surface area contributed by atoms with Crippen molar-refractivity contribution in [3.8, 4) is 0 Å². The van der Waals surface area contributed by atoms with Gasteiger partial charge in [0.2, 0.25) is 19.1 Å². The van der Waals surface area contributed by atoms with Gasteiger partial charge in [-0.1, -0.05) is 0 Å². The van der Waals surface area contributed by atoms with E-state index in [1.54, 1.807) is 24.5 Å². The van der Waals surface area contributed by atoms with E-state index in [0.29, 0.717) is 6.42 Å². The first-order valence-electron chi connectivity index (χ1n) is 5.07. The zero-order chi connectivity index (χ0) is 13.6. The lowest BCUT2D eigenvalue weighted by atomic mass is 10.2. The van der Waals surface area contributed by atoms with Crippen molar-refractivity contribution in [2.75, 3.05) is 18.1 Å². The van der Waals surface area contributed by atoms with Gasteiger partial charge in [0.15, 0.2) is 0 Å². The van der Waals surface area contributed by atoms with E-state index in [0.717, 1.165) is 5.56 Å². The standard InChI is InChI=1S/C9H13ClN2O4S2/c10-17(13,14)8-6-12-18(15,16)7-3-9-1-4-11-5-2-9/h1-2,4-5,12H,3,6-8H2. The number of hydrogen-bond donors (Lipinski definition) is 1. The summed E-state index contributed by atoms with van der Waals surface area (Å²) in [5.41, 5.74) is 0.848. The third kappa shape index (κ3) is 6.90. The van der Waals surface area contributed by atoms with Crippen molar-refractivity contribution in [3.63, 3.8) is 0 Å². The van der Waals surface area contributed by atoms with Gasteiger partial charge in [0.25, 0.3) is 0 Å². The van der Waals surface area contributed by atoms with Crippen molar-refractivity contribution < 1.29 is 16.8 Å². The highest BCUT2D eigenvalue weighted by atomic mass is 35.7. The summed E-state index contributed by atoms with van der Waals surface area (Å²) in [7, 11) is -2.21. The molecule has 1 rings (SSSR count). The average Bonchev–Trinajstić information content (AvgIpc) is 2.26. The number of pyridine rings is 1. The van der Waals surface area contributed by atoms with E-state index in [4.69, 9.17) is 10.7 Å². The lowest BCUT2D eigenvalue weighted by Crippen LogP contribution is -2.30. The Hall–Kier alpha value is -0.700. The fourth-order valence-corrected chi connectivity index (χ4v) is 2.96. The van der Waals surface area contributed by atoms with Crippen LogP contribution in [0.4, 0.5) is 0 Å². The Morgan fingerprint density at radius 2 is 1.72 bits per heavy atom. The summed E-state index contributed by atoms with van der Waals surface area (Å²) in [5.74, 6) is -0.539. The number of hydrogen-bond acceptors (Lipinski definition) is 5. The van der Waals surface area contributed by atoms with Crippen LogP contribution in [0.5, 0.6) is 0 Å². The Labute approximate surface area is 111 Å². The monoisotopic (exact) mass is 312 g/mol. The summed E-state index contributed by atoms with van der Waals surface area (Å²) in [5, 5.41) is 0. The largest absolute Gasteiger partial charge is 0.265 e. The van der Waals surface area contributed by atoms with E-state index in [1.807, 2.05) is 0 Å². The summed E-state index contributed by atoms with van der Waals surface area (Å²) in [6, 6.07) is 3.44. The van der Waals surface area contributed by atoms with E-state index >= 15 is 0 Å². The Morgan fingerprint density at radius 3 is 2.28 bits per heavy atom. The number of rotatable bonds is 7. The van der Waals surface area contributed by atoms with Crippen molar-refractivity contribution in [1.82, 2.24) is 9.71 Å². The highest BCUT2D eigenvalue weighted by Crippen LogP contribution is 2.00. The van der Waals surface area contributed by atoms with Crippen molar-refractivity contribution in [1.29, 1.82) is 0 Å². The van der Waals surface area contributed by atoms with Crippen LogP contribution in [0.1, 0.15) is 5.56 Å². The van der Waals surface area contributed by atoms with Crippen LogP contribution >= 0.6 is 10.7 Å². The van der Waals surface area contributed by atoms with Gasteiger partial charge in [-0.15, -0.1) is 0 Å². The first-order chi connectivity index (χ1) is 8.29. The molecule has 9 heteroatoms. The second-order valence-corrected chi connectivity index (χ2v) is 8.38. The van der Waals surface area contributed by atoms with Gasteiger partial charge in [-0.2, -0.15) is 0 Å². The van der Waals surface area contributed by atoms with Crippen LogP contribution in [-0.2, 0) is 25.5 Å². The maximum absolute atomic E-state index is 11.5. The zero-order valence-corrected chi connectivity index (χ0v) is 11.8. The fraction of sp³-hybridized carbons (Fsp3) is 0.444. The zero-order valence-electron chi connectivity index (χ0n) is 9.41. The van der Waals surface area contributed by atoms with E-state index in [1.165, 1.54) is 0 Å². The molecule has 0 saturated heterocycles. The predicted octanol–water partition coefficient (Wildman–Crippen LogP) is 0.112. The van der Waals surface area contributed by atoms with Crippen LogP contribution in [0.2, 0.25) is 0 Å². The predicted molar refractivity (Wildman–Crippen MR) is 69.4 cm³/mol. The minimum absolute atomic E-state index is 0.112. The Kier molecular flexibility index (Phi) is 5.51. The molecule has 0 bridgehead atoms. The molecule has 0 amide bonds. The van der Waals surface area contributed by atoms with Gasteiger partial charge in [0.05, 0.1) is 11.5 Å². The highest BCUT2D eigenvalue weighted by Gasteiger charge is 2.12. The summed E-state index contributed by atoms with van der Waals surface area (Å²) >= 11 is 0. The van der Waals surface area contributed by atoms with E-state index < -0.39 is 24.8 Å². The normalized spacial score (nSPS) is 12.5. The fourth-order valence-electron chi connectivity index (χ4n) is 1.19. The second-order valence-electron chi connectivity index (χ2n) is 3.56. The maximum Gasteiger partial charge on any atom is 0.233 e. The molecule has 0 spiro atoms. The molecule has 0 aliphatic rings. The number of aryl methyl sites for hydroxylation is 1. The van der Waals surface area contributed by atoms with Gasteiger partial charge in [-0.25, -0.2) is 21.6 Å². The summed E-state index contributed by atoms with van der Waals surface area (Å²) in [6.07, 6.45) is 3.50. The molecule has 1 N–H and O–H groups in total. The maximum atomic E-state index is 11.5. The molecule has 1 aromatic rings. The van der Waals surface area contributed by atoms with E-state index in [-0.39, 0.29) is 12.3 Å². The minimum atomic E-state index is -3.68. The molecular formula is C9H13ClN2O4S2. The van der Waals surface area contributed by atoms with Gasteiger partial charge >= 0.3 is 0 Å². The topological polar surface area (TPSA) is 93.2 Å². The smallest absolute Gasteiger partial charge is 0.233 e. The van der Waals surface area contributed by atoms with Gasteiger partial charge in [-0.05, 0) is 24.1 Å². The molecule has 0 aliphatic heterocycles. The molecule has 0 saturated carbocycles. The lowest BCUT2D eigenvalue weighted by Gasteiger charge is -2.05. The van der Waals surface area contributed by atoms with Crippen molar-refractivity contribution in [2.45, 2.75) is 6.42 Å². The van der Waals surface area contributed by atoms with E-state index in [9.17, 15) is 16.8 Å². The van der Waals surface area contributed by atoms with E-state index in [2.05, 4.69) is 9.71 Å². The number of nitrogens with zero attached hydrogens (tertiary/aromatic N) is 1. The number of halogens is 1. The molecule has 6 nitrogen and oxygen atoms in total. The van der Waals surface area contributed by atoms with Crippen LogP contribution in [0.3, 0.4) is 0 Å². The van der Waals surface area contributed by atoms with Crippen molar-refractivity contribution in [3.05, 3.63) is 30.1 Å². The molecule has 0 radical (unpaired) electrons. The summed E-state index contributed by atoms with van der Waals surface area (Å²) < 4.78 is 46.5. The minimum Gasteiger partial charge on any atom is -0.265 e. The number of sulfonamides is 1. The first-order valence-corrected chi connectivity index (χ1v) is 9.20. The SMILES string of the molecule is O=S(=O)(Cl)CCNS(=O)(=O)CCc1ccncc1. The van der Waals surface area contributed by atoms with Crippen LogP contribution in [0, 0.1) is 0 Å². The lowest BCUT2D eigenvalue weighted by molar-refractivity contribution is 0.582. The van der Waals surface area contributed by atoms with Crippen LogP contribution in [-0.4, -0.2) is 39.9 Å². The molecule has 1 aromatic heterocycles.